The van der Waals surface area contributed by atoms with Crippen molar-refractivity contribution in [2.24, 2.45) is 11.8 Å². The Morgan fingerprint density at radius 1 is 1.50 bits per heavy atom. The highest BCUT2D eigenvalue weighted by molar-refractivity contribution is 5.93. The van der Waals surface area contributed by atoms with E-state index in [0.29, 0.717) is 12.0 Å². The molecule has 6 atom stereocenters. The average molecular weight is 250 g/mol. The smallest absolute Gasteiger partial charge is 0.337 e. The molecular formula is C13H14O5. The number of aliphatic hydroxyl groups excluding tert-OH is 1. The van der Waals surface area contributed by atoms with E-state index in [-0.39, 0.29) is 17.8 Å². The molecule has 3 heterocycles. The molecule has 0 aromatic heterocycles. The van der Waals surface area contributed by atoms with Crippen molar-refractivity contribution in [3.05, 3.63) is 23.8 Å². The molecule has 3 aliphatic heterocycles. The van der Waals surface area contributed by atoms with E-state index >= 15 is 0 Å². The van der Waals surface area contributed by atoms with Gasteiger partial charge >= 0.3 is 5.97 Å². The molecule has 0 unspecified atom stereocenters. The summed E-state index contributed by atoms with van der Waals surface area (Å²) >= 11 is 0. The molecule has 3 fully saturated rings. The predicted molar refractivity (Wildman–Crippen MR) is 59.1 cm³/mol. The lowest BCUT2D eigenvalue weighted by Crippen LogP contribution is -2.45. The molecule has 4 aliphatic rings. The van der Waals surface area contributed by atoms with Gasteiger partial charge in [-0.25, -0.2) is 4.79 Å². The van der Waals surface area contributed by atoms with Crippen molar-refractivity contribution < 1.29 is 24.1 Å². The van der Waals surface area contributed by atoms with Gasteiger partial charge in [0.2, 0.25) is 0 Å². The minimum absolute atomic E-state index is 0.0349. The van der Waals surface area contributed by atoms with Crippen LogP contribution >= 0.6 is 0 Å². The first-order chi connectivity index (χ1) is 8.65. The normalized spacial score (nSPS) is 54.7. The van der Waals surface area contributed by atoms with Gasteiger partial charge < -0.3 is 19.3 Å². The molecule has 1 N–H and O–H groups in total. The fourth-order valence-electron chi connectivity index (χ4n) is 3.69. The monoisotopic (exact) mass is 250 g/mol. The van der Waals surface area contributed by atoms with Crippen LogP contribution in [0.3, 0.4) is 0 Å². The number of hydrogen-bond donors (Lipinski definition) is 1. The number of aliphatic hydroxyl groups is 1. The van der Waals surface area contributed by atoms with Gasteiger partial charge in [-0.3, -0.25) is 0 Å². The second-order valence-corrected chi connectivity index (χ2v) is 5.25. The number of esters is 1. The molecule has 0 bridgehead atoms. The van der Waals surface area contributed by atoms with Crippen LogP contribution in [0.25, 0.3) is 0 Å². The Kier molecular flexibility index (Phi) is 1.92. The fourth-order valence-corrected chi connectivity index (χ4v) is 3.69. The zero-order valence-electron chi connectivity index (χ0n) is 9.91. The SMILES string of the molecule is C/C=C1/C(=O)O[C@@]23C=C[C@H]4C[C@@H](O)O[C@@H](O[C@@H]12)[C@@H]43. The highest BCUT2D eigenvalue weighted by Crippen LogP contribution is 2.57. The molecule has 0 aromatic rings. The maximum absolute atomic E-state index is 11.8. The van der Waals surface area contributed by atoms with Crippen molar-refractivity contribution in [1.29, 1.82) is 0 Å². The van der Waals surface area contributed by atoms with Gasteiger partial charge in [-0.15, -0.1) is 0 Å². The largest absolute Gasteiger partial charge is 0.448 e. The molecule has 0 saturated carbocycles. The van der Waals surface area contributed by atoms with Crippen molar-refractivity contribution in [3.8, 4) is 0 Å². The highest BCUT2D eigenvalue weighted by Gasteiger charge is 2.69. The van der Waals surface area contributed by atoms with E-state index in [0.717, 1.165) is 0 Å². The molecule has 4 rings (SSSR count). The van der Waals surface area contributed by atoms with Gasteiger partial charge in [0.05, 0.1) is 11.5 Å². The minimum atomic E-state index is -0.806. The Hall–Kier alpha value is -1.17. The molecule has 0 radical (unpaired) electrons. The Balaban J connectivity index is 1.80. The number of carbonyl (C=O) groups excluding carboxylic acids is 1. The van der Waals surface area contributed by atoms with Crippen LogP contribution < -0.4 is 0 Å². The summed E-state index contributed by atoms with van der Waals surface area (Å²) < 4.78 is 16.8. The van der Waals surface area contributed by atoms with Crippen LogP contribution in [0.1, 0.15) is 13.3 Å². The molecule has 0 amide bonds. The molecule has 3 saturated heterocycles. The van der Waals surface area contributed by atoms with E-state index in [9.17, 15) is 9.90 Å². The van der Waals surface area contributed by atoms with E-state index in [1.165, 1.54) is 0 Å². The number of hydrogen-bond acceptors (Lipinski definition) is 5. The van der Waals surface area contributed by atoms with Gasteiger partial charge in [0.25, 0.3) is 0 Å². The number of carbonyl (C=O) groups is 1. The number of allylic oxidation sites excluding steroid dienone is 2. The van der Waals surface area contributed by atoms with Crippen molar-refractivity contribution in [1.82, 2.24) is 0 Å². The van der Waals surface area contributed by atoms with E-state index in [2.05, 4.69) is 0 Å². The van der Waals surface area contributed by atoms with Crippen LogP contribution in [0, 0.1) is 11.8 Å². The molecule has 1 aliphatic carbocycles. The quantitative estimate of drug-likeness (QED) is 0.385. The maximum atomic E-state index is 11.8. The van der Waals surface area contributed by atoms with Crippen LogP contribution in [0.15, 0.2) is 23.8 Å². The molecule has 1 spiro atoms. The third-order valence-corrected chi connectivity index (χ3v) is 4.42. The summed E-state index contributed by atoms with van der Waals surface area (Å²) in [6.45, 7) is 1.80. The summed E-state index contributed by atoms with van der Waals surface area (Å²) in [5.74, 6) is -0.197. The Bertz CT molecular complexity index is 482. The van der Waals surface area contributed by atoms with Crippen LogP contribution in [0.5, 0.6) is 0 Å². The van der Waals surface area contributed by atoms with Gasteiger partial charge in [0.15, 0.2) is 18.2 Å². The topological polar surface area (TPSA) is 65.0 Å². The third-order valence-electron chi connectivity index (χ3n) is 4.42. The van der Waals surface area contributed by atoms with Crippen LogP contribution in [0.4, 0.5) is 0 Å². The third kappa shape index (κ3) is 1.06. The summed E-state index contributed by atoms with van der Waals surface area (Å²) in [7, 11) is 0. The first kappa shape index (κ1) is 10.7. The summed E-state index contributed by atoms with van der Waals surface area (Å²) in [6.07, 6.45) is 4.49. The Morgan fingerprint density at radius 2 is 2.33 bits per heavy atom. The van der Waals surface area contributed by atoms with Gasteiger partial charge in [-0.05, 0) is 18.9 Å². The second-order valence-electron chi connectivity index (χ2n) is 5.25. The fraction of sp³-hybridized carbons (Fsp3) is 0.615. The van der Waals surface area contributed by atoms with E-state index in [4.69, 9.17) is 14.2 Å². The van der Waals surface area contributed by atoms with E-state index < -0.39 is 24.3 Å². The van der Waals surface area contributed by atoms with Gasteiger partial charge in [0, 0.05) is 6.42 Å². The molecule has 5 heteroatoms. The first-order valence-electron chi connectivity index (χ1n) is 6.23. The lowest BCUT2D eigenvalue weighted by molar-refractivity contribution is -0.263. The predicted octanol–water partition coefficient (Wildman–Crippen LogP) is 0.494. The zero-order chi connectivity index (χ0) is 12.5. The number of ether oxygens (including phenoxy) is 3. The maximum Gasteiger partial charge on any atom is 0.337 e. The van der Waals surface area contributed by atoms with Crippen LogP contribution in [-0.4, -0.2) is 35.4 Å². The minimum Gasteiger partial charge on any atom is -0.448 e. The van der Waals surface area contributed by atoms with Gasteiger partial charge in [0.1, 0.15) is 6.10 Å². The van der Waals surface area contributed by atoms with Crippen molar-refractivity contribution >= 4 is 5.97 Å². The van der Waals surface area contributed by atoms with Gasteiger partial charge in [-0.1, -0.05) is 12.2 Å². The summed E-state index contributed by atoms with van der Waals surface area (Å²) in [5, 5.41) is 9.65. The standard InChI is InChI=1S/C13H14O5/c1-2-7-10-13(18-11(7)15)4-3-6-5-8(14)16-12(17-10)9(6)13/h2-4,6,8-10,12,14H,5H2,1H3/b7-2+/t6-,8-,9+,10-,12-,13+/m0/s1. The van der Waals surface area contributed by atoms with Crippen molar-refractivity contribution in [2.45, 2.75) is 37.6 Å². The van der Waals surface area contributed by atoms with E-state index in [1.807, 2.05) is 12.2 Å². The van der Waals surface area contributed by atoms with Crippen molar-refractivity contribution in [2.75, 3.05) is 0 Å². The summed E-state index contributed by atoms with van der Waals surface area (Å²) in [4.78, 5) is 11.8. The van der Waals surface area contributed by atoms with Gasteiger partial charge in [-0.2, -0.15) is 0 Å². The molecular weight excluding hydrogens is 236 g/mol. The summed E-state index contributed by atoms with van der Waals surface area (Å²) in [5.41, 5.74) is -0.165. The molecule has 5 nitrogen and oxygen atoms in total. The molecule has 0 aromatic carbocycles. The lowest BCUT2D eigenvalue weighted by atomic mass is 9.80. The molecule has 18 heavy (non-hydrogen) atoms. The Labute approximate surface area is 104 Å². The average Bonchev–Trinajstić information content (AvgIpc) is 2.89. The summed E-state index contributed by atoms with van der Waals surface area (Å²) in [6, 6.07) is 0. The van der Waals surface area contributed by atoms with Crippen LogP contribution in [-0.2, 0) is 19.0 Å². The van der Waals surface area contributed by atoms with E-state index in [1.54, 1.807) is 13.0 Å². The highest BCUT2D eigenvalue weighted by atomic mass is 16.8. The van der Waals surface area contributed by atoms with Crippen molar-refractivity contribution in [3.63, 3.8) is 0 Å². The second kappa shape index (κ2) is 3.23. The zero-order valence-corrected chi connectivity index (χ0v) is 9.91. The Morgan fingerprint density at radius 3 is 3.11 bits per heavy atom. The lowest BCUT2D eigenvalue weighted by Gasteiger charge is -2.35. The van der Waals surface area contributed by atoms with Crippen LogP contribution in [0.2, 0.25) is 0 Å². The number of rotatable bonds is 0. The molecule has 96 valence electrons. The first-order valence-corrected chi connectivity index (χ1v) is 6.23.